The van der Waals surface area contributed by atoms with Gasteiger partial charge in [-0.3, -0.25) is 0 Å². The van der Waals surface area contributed by atoms with Crippen LogP contribution in [0.1, 0.15) is 25.5 Å². The molecule has 1 aromatic rings. The molecule has 3 nitrogen and oxygen atoms in total. The van der Waals surface area contributed by atoms with Crippen LogP contribution in [-0.4, -0.2) is 29.0 Å². The van der Waals surface area contributed by atoms with Gasteiger partial charge in [0, 0.05) is 12.5 Å². The highest BCUT2D eigenvalue weighted by atomic mass is 19.4. The quantitative estimate of drug-likeness (QED) is 0.663. The van der Waals surface area contributed by atoms with Crippen molar-refractivity contribution in [2.24, 2.45) is 5.92 Å². The van der Waals surface area contributed by atoms with Gasteiger partial charge in [-0.25, -0.2) is 8.78 Å². The van der Waals surface area contributed by atoms with Crippen LogP contribution in [0.5, 0.6) is 0 Å². The molecule has 0 saturated carbocycles. The van der Waals surface area contributed by atoms with Crippen molar-refractivity contribution in [2.75, 3.05) is 6.61 Å². The van der Waals surface area contributed by atoms with Crippen molar-refractivity contribution >= 4 is 0 Å². The van der Waals surface area contributed by atoms with Gasteiger partial charge in [-0.05, 0) is 6.92 Å². The summed E-state index contributed by atoms with van der Waals surface area (Å²) in [7, 11) is 0. The molecule has 1 rings (SSSR count). The molecule has 1 heterocycles. The van der Waals surface area contributed by atoms with Crippen LogP contribution in [0.3, 0.4) is 0 Å². The van der Waals surface area contributed by atoms with Gasteiger partial charge >= 0.3 is 6.18 Å². The number of rotatable bonds is 5. The maximum absolute atomic E-state index is 13.5. The fourth-order valence-corrected chi connectivity index (χ4v) is 1.91. The van der Waals surface area contributed by atoms with Gasteiger partial charge in [0.05, 0.1) is 11.7 Å². The Hall–Kier alpha value is -1.42. The van der Waals surface area contributed by atoms with Crippen molar-refractivity contribution < 1.29 is 40.6 Å². The molecule has 0 radical (unpaired) electrons. The average molecular weight is 335 g/mol. The van der Waals surface area contributed by atoms with Crippen LogP contribution >= 0.6 is 0 Å². The Morgan fingerprint density at radius 3 is 1.91 bits per heavy atom. The molecule has 0 saturated heterocycles. The van der Waals surface area contributed by atoms with E-state index in [9.17, 15) is 35.8 Å². The SMILES string of the molecule is CCOC(C(C)C(O)c1c(F)c(F)nc(F)c1F)C(F)(F)F. The molecule has 3 unspecified atom stereocenters. The normalized spacial score (nSPS) is 16.5. The van der Waals surface area contributed by atoms with Crippen molar-refractivity contribution in [1.29, 1.82) is 0 Å². The number of hydrogen-bond donors (Lipinski definition) is 1. The van der Waals surface area contributed by atoms with Crippen molar-refractivity contribution in [1.82, 2.24) is 4.98 Å². The Kier molecular flexibility index (Phi) is 5.74. The summed E-state index contributed by atoms with van der Waals surface area (Å²) in [5.74, 6) is -10.2. The number of halogens is 7. The monoisotopic (exact) mass is 335 g/mol. The third kappa shape index (κ3) is 3.67. The number of pyridine rings is 1. The largest absolute Gasteiger partial charge is 0.414 e. The summed E-state index contributed by atoms with van der Waals surface area (Å²) in [5.41, 5.74) is -1.56. The Labute approximate surface area is 120 Å². The van der Waals surface area contributed by atoms with E-state index in [4.69, 9.17) is 0 Å². The zero-order chi connectivity index (χ0) is 17.2. The van der Waals surface area contributed by atoms with Crippen LogP contribution in [0.25, 0.3) is 0 Å². The van der Waals surface area contributed by atoms with Crippen LogP contribution in [0, 0.1) is 29.4 Å². The Morgan fingerprint density at radius 1 is 1.09 bits per heavy atom. The van der Waals surface area contributed by atoms with Gasteiger partial charge in [0.1, 0.15) is 0 Å². The van der Waals surface area contributed by atoms with Crippen molar-refractivity contribution in [2.45, 2.75) is 32.2 Å². The first-order chi connectivity index (χ1) is 10.0. The zero-order valence-electron chi connectivity index (χ0n) is 11.4. The molecular weight excluding hydrogens is 323 g/mol. The maximum atomic E-state index is 13.5. The van der Waals surface area contributed by atoms with Gasteiger partial charge < -0.3 is 9.84 Å². The number of nitrogens with zero attached hydrogens (tertiary/aromatic N) is 1. The van der Waals surface area contributed by atoms with Crippen molar-refractivity contribution in [3.8, 4) is 0 Å². The van der Waals surface area contributed by atoms with Gasteiger partial charge in [-0.15, -0.1) is 0 Å². The topological polar surface area (TPSA) is 42.4 Å². The first-order valence-corrected chi connectivity index (χ1v) is 6.08. The smallest absolute Gasteiger partial charge is 0.388 e. The summed E-state index contributed by atoms with van der Waals surface area (Å²) < 4.78 is 95.7. The van der Waals surface area contributed by atoms with Gasteiger partial charge in [-0.2, -0.15) is 26.9 Å². The molecule has 0 aliphatic carbocycles. The molecule has 1 aromatic heterocycles. The van der Waals surface area contributed by atoms with E-state index in [2.05, 4.69) is 9.72 Å². The molecule has 3 atom stereocenters. The Balaban J connectivity index is 3.27. The highest BCUT2D eigenvalue weighted by Gasteiger charge is 2.47. The van der Waals surface area contributed by atoms with Crippen LogP contribution in [0.15, 0.2) is 0 Å². The molecule has 1 N–H and O–H groups in total. The number of aromatic nitrogens is 1. The van der Waals surface area contributed by atoms with Crippen LogP contribution in [-0.2, 0) is 4.74 Å². The first-order valence-electron chi connectivity index (χ1n) is 6.08. The highest BCUT2D eigenvalue weighted by Crippen LogP contribution is 2.37. The minimum Gasteiger partial charge on any atom is -0.388 e. The fourth-order valence-electron chi connectivity index (χ4n) is 1.91. The molecule has 0 amide bonds. The second-order valence-corrected chi connectivity index (χ2v) is 4.46. The second kappa shape index (κ2) is 6.78. The minimum absolute atomic E-state index is 0.398. The van der Waals surface area contributed by atoms with Gasteiger partial charge in [-0.1, -0.05) is 6.92 Å². The highest BCUT2D eigenvalue weighted by molar-refractivity contribution is 5.21. The van der Waals surface area contributed by atoms with Crippen LogP contribution in [0.2, 0.25) is 0 Å². The molecule has 0 aromatic carbocycles. The number of ether oxygens (including phenoxy) is 1. The molecule has 0 spiro atoms. The molecule has 22 heavy (non-hydrogen) atoms. The molecule has 0 bridgehead atoms. The van der Waals surface area contributed by atoms with Crippen LogP contribution < -0.4 is 0 Å². The van der Waals surface area contributed by atoms with E-state index in [1.165, 1.54) is 6.92 Å². The summed E-state index contributed by atoms with van der Waals surface area (Å²) in [4.78, 5) is 2.26. The third-order valence-corrected chi connectivity index (χ3v) is 2.97. The average Bonchev–Trinajstić information content (AvgIpc) is 2.40. The minimum atomic E-state index is -4.95. The van der Waals surface area contributed by atoms with Gasteiger partial charge in [0.2, 0.25) is 0 Å². The van der Waals surface area contributed by atoms with Crippen molar-refractivity contribution in [3.63, 3.8) is 0 Å². The summed E-state index contributed by atoms with van der Waals surface area (Å²) >= 11 is 0. The van der Waals surface area contributed by atoms with E-state index in [1.54, 1.807) is 0 Å². The fraction of sp³-hybridized carbons (Fsp3) is 0.583. The molecule has 0 aliphatic heterocycles. The van der Waals surface area contributed by atoms with Crippen molar-refractivity contribution in [3.05, 3.63) is 29.1 Å². The van der Waals surface area contributed by atoms with E-state index in [0.717, 1.165) is 6.92 Å². The Morgan fingerprint density at radius 2 is 1.55 bits per heavy atom. The summed E-state index contributed by atoms with van der Waals surface area (Å²) in [6.07, 6.45) is -10.0. The van der Waals surface area contributed by atoms with E-state index in [-0.39, 0.29) is 0 Å². The van der Waals surface area contributed by atoms with E-state index in [0.29, 0.717) is 0 Å². The first kappa shape index (κ1) is 18.6. The lowest BCUT2D eigenvalue weighted by atomic mass is 9.91. The van der Waals surface area contributed by atoms with Gasteiger partial charge in [0.25, 0.3) is 11.9 Å². The predicted molar refractivity (Wildman–Crippen MR) is 59.7 cm³/mol. The lowest BCUT2D eigenvalue weighted by molar-refractivity contribution is -0.242. The Bertz CT molecular complexity index is 509. The second-order valence-electron chi connectivity index (χ2n) is 4.46. The van der Waals surface area contributed by atoms with E-state index < -0.39 is 60.0 Å². The lowest BCUT2D eigenvalue weighted by Crippen LogP contribution is -2.40. The number of aliphatic hydroxyl groups is 1. The molecule has 10 heteroatoms. The van der Waals surface area contributed by atoms with Crippen LogP contribution in [0.4, 0.5) is 30.7 Å². The van der Waals surface area contributed by atoms with E-state index in [1.807, 2.05) is 0 Å². The van der Waals surface area contributed by atoms with E-state index >= 15 is 0 Å². The lowest BCUT2D eigenvalue weighted by Gasteiger charge is -2.29. The molecule has 0 aliphatic rings. The van der Waals surface area contributed by atoms with Gasteiger partial charge in [0.15, 0.2) is 17.7 Å². The molecule has 126 valence electrons. The summed E-state index contributed by atoms with van der Waals surface area (Å²) in [5, 5.41) is 9.74. The standard InChI is InChI=1S/C12H12F7NO2/c1-3-22-9(12(17,18)19)4(2)8(21)5-6(13)10(15)20-11(16)7(5)14/h4,8-9,21H,3H2,1-2H3. The summed E-state index contributed by atoms with van der Waals surface area (Å²) in [6, 6.07) is 0. The number of alkyl halides is 3. The molecular formula is C12H12F7NO2. The predicted octanol–water partition coefficient (Wildman–Crippen LogP) is 3.27. The number of hydrogen-bond acceptors (Lipinski definition) is 3. The summed E-state index contributed by atoms with van der Waals surface area (Å²) in [6.45, 7) is 1.63. The third-order valence-electron chi connectivity index (χ3n) is 2.97. The number of aliphatic hydroxyl groups excluding tert-OH is 1. The zero-order valence-corrected chi connectivity index (χ0v) is 11.4. The maximum Gasteiger partial charge on any atom is 0.414 e. The molecule has 0 fully saturated rings.